The lowest BCUT2D eigenvalue weighted by molar-refractivity contribution is -0.120. The maximum atomic E-state index is 13.5. The summed E-state index contributed by atoms with van der Waals surface area (Å²) >= 11 is 0. The van der Waals surface area contributed by atoms with Crippen molar-refractivity contribution in [1.29, 1.82) is 0 Å². The third-order valence-electron chi connectivity index (χ3n) is 4.40. The molecule has 2 fully saturated rings. The molecule has 1 spiro atoms. The van der Waals surface area contributed by atoms with Crippen LogP contribution in [-0.2, 0) is 16.0 Å². The standard InChI is InChI=1S/C15H17F2NO2/c16-11-3-1-2-10(14(11)17)8-13(19)18-12-9-15(12)4-6-20-7-5-15/h1-3,12H,4-9H2,(H,18,19). The van der Waals surface area contributed by atoms with E-state index < -0.39 is 11.6 Å². The second-order valence-corrected chi connectivity index (χ2v) is 5.69. The Labute approximate surface area is 116 Å². The minimum absolute atomic E-state index is 0.101. The normalized spacial score (nSPS) is 23.6. The van der Waals surface area contributed by atoms with Gasteiger partial charge in [-0.1, -0.05) is 12.1 Å². The van der Waals surface area contributed by atoms with E-state index in [0.717, 1.165) is 38.5 Å². The molecular formula is C15H17F2NO2. The Kier molecular flexibility index (Phi) is 3.46. The maximum Gasteiger partial charge on any atom is 0.224 e. The van der Waals surface area contributed by atoms with Gasteiger partial charge in [-0.15, -0.1) is 0 Å². The fourth-order valence-electron chi connectivity index (χ4n) is 2.99. The van der Waals surface area contributed by atoms with Crippen LogP contribution < -0.4 is 5.32 Å². The van der Waals surface area contributed by atoms with E-state index >= 15 is 0 Å². The summed E-state index contributed by atoms with van der Waals surface area (Å²) in [5.41, 5.74) is 0.290. The van der Waals surface area contributed by atoms with Gasteiger partial charge >= 0.3 is 0 Å². The van der Waals surface area contributed by atoms with Crippen LogP contribution in [0.2, 0.25) is 0 Å². The minimum atomic E-state index is -0.931. The maximum absolute atomic E-state index is 13.5. The third kappa shape index (κ3) is 2.54. The van der Waals surface area contributed by atoms with Crippen molar-refractivity contribution in [3.05, 3.63) is 35.4 Å². The van der Waals surface area contributed by atoms with Crippen LogP contribution in [0.4, 0.5) is 8.78 Å². The highest BCUT2D eigenvalue weighted by Crippen LogP contribution is 2.53. The molecule has 5 heteroatoms. The average Bonchev–Trinajstić information content (AvgIpc) is 3.07. The number of carbonyl (C=O) groups excluding carboxylic acids is 1. The summed E-state index contributed by atoms with van der Waals surface area (Å²) in [5, 5.41) is 2.93. The summed E-state index contributed by atoms with van der Waals surface area (Å²) in [6.45, 7) is 1.48. The van der Waals surface area contributed by atoms with Gasteiger partial charge in [-0.05, 0) is 30.7 Å². The second kappa shape index (κ2) is 5.13. The van der Waals surface area contributed by atoms with Crippen LogP contribution in [0.1, 0.15) is 24.8 Å². The van der Waals surface area contributed by atoms with Crippen molar-refractivity contribution < 1.29 is 18.3 Å². The first-order valence-corrected chi connectivity index (χ1v) is 6.91. The van der Waals surface area contributed by atoms with Gasteiger partial charge in [0.2, 0.25) is 5.91 Å². The zero-order valence-corrected chi connectivity index (χ0v) is 11.1. The van der Waals surface area contributed by atoms with Crippen molar-refractivity contribution in [2.75, 3.05) is 13.2 Å². The first-order chi connectivity index (χ1) is 9.61. The Morgan fingerprint density at radius 3 is 2.85 bits per heavy atom. The van der Waals surface area contributed by atoms with Gasteiger partial charge in [0, 0.05) is 24.8 Å². The van der Waals surface area contributed by atoms with Crippen molar-refractivity contribution in [2.24, 2.45) is 5.41 Å². The third-order valence-corrected chi connectivity index (χ3v) is 4.40. The minimum Gasteiger partial charge on any atom is -0.381 e. The predicted octanol–water partition coefficient (Wildman–Crippen LogP) is 2.19. The molecule has 0 aromatic heterocycles. The lowest BCUT2D eigenvalue weighted by atomic mass is 9.96. The van der Waals surface area contributed by atoms with Crippen LogP contribution in [0.25, 0.3) is 0 Å². The van der Waals surface area contributed by atoms with Crippen LogP contribution in [0, 0.1) is 17.0 Å². The Balaban J connectivity index is 1.57. The molecular weight excluding hydrogens is 264 g/mol. The van der Waals surface area contributed by atoms with Gasteiger partial charge in [-0.3, -0.25) is 4.79 Å². The van der Waals surface area contributed by atoms with Crippen molar-refractivity contribution in [1.82, 2.24) is 5.32 Å². The van der Waals surface area contributed by atoms with Gasteiger partial charge < -0.3 is 10.1 Å². The Morgan fingerprint density at radius 1 is 1.35 bits per heavy atom. The van der Waals surface area contributed by atoms with Crippen LogP contribution in [0.15, 0.2) is 18.2 Å². The van der Waals surface area contributed by atoms with E-state index in [1.807, 2.05) is 0 Å². The Bertz CT molecular complexity index is 527. The molecule has 3 nitrogen and oxygen atoms in total. The number of halogens is 2. The highest BCUT2D eigenvalue weighted by Gasteiger charge is 2.54. The Morgan fingerprint density at radius 2 is 2.10 bits per heavy atom. The average molecular weight is 281 g/mol. The van der Waals surface area contributed by atoms with Gasteiger partial charge in [0.1, 0.15) is 0 Å². The second-order valence-electron chi connectivity index (χ2n) is 5.69. The first-order valence-electron chi connectivity index (χ1n) is 6.91. The molecule has 1 unspecified atom stereocenters. The van der Waals surface area contributed by atoms with Crippen molar-refractivity contribution >= 4 is 5.91 Å². The molecule has 1 aromatic carbocycles. The number of amides is 1. The molecule has 1 saturated heterocycles. The molecule has 3 rings (SSSR count). The van der Waals surface area contributed by atoms with Crippen molar-refractivity contribution in [3.63, 3.8) is 0 Å². The van der Waals surface area contributed by atoms with Crippen molar-refractivity contribution in [2.45, 2.75) is 31.7 Å². The molecule has 108 valence electrons. The summed E-state index contributed by atoms with van der Waals surface area (Å²) in [6, 6.07) is 4.07. The smallest absolute Gasteiger partial charge is 0.224 e. The van der Waals surface area contributed by atoms with E-state index in [1.165, 1.54) is 12.1 Å². The monoisotopic (exact) mass is 281 g/mol. The molecule has 2 aliphatic rings. The lowest BCUT2D eigenvalue weighted by Crippen LogP contribution is -2.33. The quantitative estimate of drug-likeness (QED) is 0.922. The molecule has 20 heavy (non-hydrogen) atoms. The number of nitrogens with one attached hydrogen (secondary N) is 1. The highest BCUT2D eigenvalue weighted by molar-refractivity contribution is 5.79. The molecule has 1 atom stereocenters. The van der Waals surface area contributed by atoms with Crippen LogP contribution in [0.3, 0.4) is 0 Å². The SMILES string of the molecule is O=C(Cc1cccc(F)c1F)NC1CC12CCOCC2. The summed E-state index contributed by atoms with van der Waals surface area (Å²) in [5.74, 6) is -2.09. The molecule has 1 amide bonds. The van der Waals surface area contributed by atoms with Gasteiger partial charge in [0.05, 0.1) is 6.42 Å². The Hall–Kier alpha value is -1.49. The zero-order valence-electron chi connectivity index (χ0n) is 11.1. The van der Waals surface area contributed by atoms with E-state index in [2.05, 4.69) is 5.32 Å². The summed E-state index contributed by atoms with van der Waals surface area (Å²) in [6.07, 6.45) is 2.78. The molecule has 0 bridgehead atoms. The number of benzene rings is 1. The molecule has 0 radical (unpaired) electrons. The number of ether oxygens (including phenoxy) is 1. The molecule has 1 heterocycles. The summed E-state index contributed by atoms with van der Waals surface area (Å²) in [7, 11) is 0. The molecule has 1 aliphatic carbocycles. The van der Waals surface area contributed by atoms with Gasteiger partial charge in [0.25, 0.3) is 0 Å². The van der Waals surface area contributed by atoms with E-state index in [-0.39, 0.29) is 29.3 Å². The molecule has 1 saturated carbocycles. The van der Waals surface area contributed by atoms with E-state index in [0.29, 0.717) is 0 Å². The zero-order chi connectivity index (χ0) is 14.2. The fourth-order valence-corrected chi connectivity index (χ4v) is 2.99. The molecule has 1 aromatic rings. The highest BCUT2D eigenvalue weighted by atomic mass is 19.2. The lowest BCUT2D eigenvalue weighted by Gasteiger charge is -2.22. The number of hydrogen-bond donors (Lipinski definition) is 1. The van der Waals surface area contributed by atoms with E-state index in [9.17, 15) is 13.6 Å². The van der Waals surface area contributed by atoms with Gasteiger partial charge in [0.15, 0.2) is 11.6 Å². The topological polar surface area (TPSA) is 38.3 Å². The summed E-state index contributed by atoms with van der Waals surface area (Å²) in [4.78, 5) is 11.9. The fraction of sp³-hybridized carbons (Fsp3) is 0.533. The van der Waals surface area contributed by atoms with Crippen LogP contribution in [0.5, 0.6) is 0 Å². The van der Waals surface area contributed by atoms with Crippen LogP contribution >= 0.6 is 0 Å². The predicted molar refractivity (Wildman–Crippen MR) is 69.1 cm³/mol. The number of hydrogen-bond acceptors (Lipinski definition) is 2. The van der Waals surface area contributed by atoms with E-state index in [1.54, 1.807) is 0 Å². The van der Waals surface area contributed by atoms with Gasteiger partial charge in [-0.25, -0.2) is 8.78 Å². The number of rotatable bonds is 3. The number of carbonyl (C=O) groups is 1. The van der Waals surface area contributed by atoms with Crippen LogP contribution in [-0.4, -0.2) is 25.2 Å². The molecule has 1 aliphatic heterocycles. The van der Waals surface area contributed by atoms with Crippen molar-refractivity contribution in [3.8, 4) is 0 Å². The van der Waals surface area contributed by atoms with E-state index in [4.69, 9.17) is 4.74 Å². The molecule has 1 N–H and O–H groups in total. The summed E-state index contributed by atoms with van der Waals surface area (Å²) < 4.78 is 31.9. The van der Waals surface area contributed by atoms with Gasteiger partial charge in [-0.2, -0.15) is 0 Å². The largest absolute Gasteiger partial charge is 0.381 e. The first kappa shape index (κ1) is 13.5.